The molecule has 1 aromatic carbocycles. The summed E-state index contributed by atoms with van der Waals surface area (Å²) in [5.41, 5.74) is 2.02. The standard InChI is InChI=1S/C15H17N5O/c1-2-3-4-12-5-7-13(8-6-12)18-15(21)10-20-11-17-14(9-16)19-20/h5-8,11H,2-4,10H2,1H3,(H,18,21). The van der Waals surface area contributed by atoms with Gasteiger partial charge in [-0.05, 0) is 30.5 Å². The molecule has 0 saturated heterocycles. The second-order valence-corrected chi connectivity index (χ2v) is 4.73. The van der Waals surface area contributed by atoms with Crippen molar-refractivity contribution in [3.63, 3.8) is 0 Å². The zero-order valence-corrected chi connectivity index (χ0v) is 11.9. The van der Waals surface area contributed by atoms with Gasteiger partial charge < -0.3 is 5.32 Å². The quantitative estimate of drug-likeness (QED) is 0.880. The molecule has 0 saturated carbocycles. The second-order valence-electron chi connectivity index (χ2n) is 4.73. The van der Waals surface area contributed by atoms with Crippen molar-refractivity contribution in [3.8, 4) is 6.07 Å². The molecular formula is C15H17N5O. The van der Waals surface area contributed by atoms with Crippen LogP contribution in [0.2, 0.25) is 0 Å². The van der Waals surface area contributed by atoms with Crippen LogP contribution in [0.15, 0.2) is 30.6 Å². The molecule has 0 fully saturated rings. The lowest BCUT2D eigenvalue weighted by molar-refractivity contribution is -0.116. The first kappa shape index (κ1) is 14.7. The van der Waals surface area contributed by atoms with Crippen molar-refractivity contribution < 1.29 is 4.79 Å². The molecule has 2 aromatic rings. The van der Waals surface area contributed by atoms with Crippen molar-refractivity contribution >= 4 is 11.6 Å². The lowest BCUT2D eigenvalue weighted by atomic mass is 10.1. The van der Waals surface area contributed by atoms with Gasteiger partial charge in [0.1, 0.15) is 18.9 Å². The first-order valence-corrected chi connectivity index (χ1v) is 6.89. The zero-order chi connectivity index (χ0) is 15.1. The number of hydrogen-bond donors (Lipinski definition) is 1. The molecule has 6 nitrogen and oxygen atoms in total. The molecule has 0 bridgehead atoms. The summed E-state index contributed by atoms with van der Waals surface area (Å²) in [4.78, 5) is 15.6. The molecule has 0 atom stereocenters. The van der Waals surface area contributed by atoms with Crippen LogP contribution in [0.4, 0.5) is 5.69 Å². The van der Waals surface area contributed by atoms with Crippen molar-refractivity contribution in [1.82, 2.24) is 14.8 Å². The van der Waals surface area contributed by atoms with E-state index in [2.05, 4.69) is 22.3 Å². The van der Waals surface area contributed by atoms with Gasteiger partial charge in [0, 0.05) is 5.69 Å². The Kier molecular flexibility index (Phi) is 5.04. The van der Waals surface area contributed by atoms with Crippen LogP contribution < -0.4 is 5.32 Å². The molecule has 2 rings (SSSR count). The van der Waals surface area contributed by atoms with E-state index >= 15 is 0 Å². The van der Waals surface area contributed by atoms with E-state index in [4.69, 9.17) is 5.26 Å². The van der Waals surface area contributed by atoms with E-state index in [1.54, 1.807) is 0 Å². The summed E-state index contributed by atoms with van der Waals surface area (Å²) in [6, 6.07) is 9.65. The maximum atomic E-state index is 11.9. The van der Waals surface area contributed by atoms with E-state index < -0.39 is 0 Å². The van der Waals surface area contributed by atoms with Crippen LogP contribution in [0.3, 0.4) is 0 Å². The van der Waals surface area contributed by atoms with Crippen LogP contribution in [-0.4, -0.2) is 20.7 Å². The number of benzene rings is 1. The number of unbranched alkanes of at least 4 members (excludes halogenated alkanes) is 1. The number of amides is 1. The Morgan fingerprint density at radius 1 is 1.38 bits per heavy atom. The molecule has 1 amide bonds. The summed E-state index contributed by atoms with van der Waals surface area (Å²) in [7, 11) is 0. The highest BCUT2D eigenvalue weighted by molar-refractivity contribution is 5.90. The number of carbonyl (C=O) groups is 1. The molecular weight excluding hydrogens is 266 g/mol. The smallest absolute Gasteiger partial charge is 0.252 e. The number of rotatable bonds is 6. The number of aryl methyl sites for hydroxylation is 1. The molecule has 0 aliphatic heterocycles. The number of nitrogens with one attached hydrogen (secondary N) is 1. The van der Waals surface area contributed by atoms with Crippen molar-refractivity contribution in [1.29, 1.82) is 5.26 Å². The molecule has 6 heteroatoms. The third-order valence-electron chi connectivity index (χ3n) is 3.00. The Morgan fingerprint density at radius 2 is 2.14 bits per heavy atom. The molecule has 108 valence electrons. The van der Waals surface area contributed by atoms with Gasteiger partial charge in [-0.3, -0.25) is 4.79 Å². The van der Waals surface area contributed by atoms with Gasteiger partial charge in [-0.15, -0.1) is 5.10 Å². The van der Waals surface area contributed by atoms with Gasteiger partial charge in [0.15, 0.2) is 0 Å². The van der Waals surface area contributed by atoms with Gasteiger partial charge in [-0.25, -0.2) is 9.67 Å². The van der Waals surface area contributed by atoms with Crippen molar-refractivity contribution in [2.24, 2.45) is 0 Å². The number of nitriles is 1. The Labute approximate surface area is 123 Å². The molecule has 0 spiro atoms. The first-order valence-electron chi connectivity index (χ1n) is 6.89. The maximum Gasteiger partial charge on any atom is 0.252 e. The molecule has 1 aromatic heterocycles. The van der Waals surface area contributed by atoms with Gasteiger partial charge in [-0.1, -0.05) is 25.5 Å². The highest BCUT2D eigenvalue weighted by Crippen LogP contribution is 2.11. The zero-order valence-electron chi connectivity index (χ0n) is 11.9. The Hall–Kier alpha value is -2.68. The fourth-order valence-corrected chi connectivity index (χ4v) is 1.91. The van der Waals surface area contributed by atoms with Crippen molar-refractivity contribution in [2.75, 3.05) is 5.32 Å². The van der Waals surface area contributed by atoms with Gasteiger partial charge >= 0.3 is 0 Å². The Balaban J connectivity index is 1.88. The average molecular weight is 283 g/mol. The minimum atomic E-state index is -0.203. The molecule has 1 N–H and O–H groups in total. The number of hydrogen-bond acceptors (Lipinski definition) is 4. The number of anilines is 1. The Morgan fingerprint density at radius 3 is 2.76 bits per heavy atom. The van der Waals surface area contributed by atoms with E-state index in [0.29, 0.717) is 0 Å². The minimum Gasteiger partial charge on any atom is -0.324 e. The number of carbonyl (C=O) groups excluding carboxylic acids is 1. The average Bonchev–Trinajstić information content (AvgIpc) is 2.94. The third kappa shape index (κ3) is 4.42. The minimum absolute atomic E-state index is 0.0340. The number of aromatic nitrogens is 3. The fourth-order valence-electron chi connectivity index (χ4n) is 1.91. The largest absolute Gasteiger partial charge is 0.324 e. The van der Waals surface area contributed by atoms with E-state index in [1.807, 2.05) is 30.3 Å². The van der Waals surface area contributed by atoms with E-state index in [-0.39, 0.29) is 18.3 Å². The maximum absolute atomic E-state index is 11.9. The lowest BCUT2D eigenvalue weighted by Gasteiger charge is -2.06. The van der Waals surface area contributed by atoms with Crippen LogP contribution in [0, 0.1) is 11.3 Å². The van der Waals surface area contributed by atoms with E-state index in [1.165, 1.54) is 29.4 Å². The highest BCUT2D eigenvalue weighted by atomic mass is 16.2. The van der Waals surface area contributed by atoms with Gasteiger partial charge in [0.25, 0.3) is 5.82 Å². The monoisotopic (exact) mass is 283 g/mol. The summed E-state index contributed by atoms with van der Waals surface area (Å²) in [5.74, 6) is -0.145. The SMILES string of the molecule is CCCCc1ccc(NC(=O)Cn2cnc(C#N)n2)cc1. The second kappa shape index (κ2) is 7.20. The molecule has 1 heterocycles. The summed E-state index contributed by atoms with van der Waals surface area (Å²) in [5, 5.41) is 15.3. The fraction of sp³-hybridized carbons (Fsp3) is 0.333. The van der Waals surface area contributed by atoms with Crippen LogP contribution in [0.5, 0.6) is 0 Å². The number of nitrogens with zero attached hydrogens (tertiary/aromatic N) is 4. The summed E-state index contributed by atoms with van der Waals surface area (Å²) in [6.45, 7) is 2.20. The van der Waals surface area contributed by atoms with Crippen molar-refractivity contribution in [2.45, 2.75) is 32.7 Å². The summed E-state index contributed by atoms with van der Waals surface area (Å²) < 4.78 is 1.34. The first-order chi connectivity index (χ1) is 10.2. The predicted octanol–water partition coefficient (Wildman–Crippen LogP) is 2.13. The van der Waals surface area contributed by atoms with Crippen LogP contribution >= 0.6 is 0 Å². The van der Waals surface area contributed by atoms with Crippen LogP contribution in [0.25, 0.3) is 0 Å². The summed E-state index contributed by atoms with van der Waals surface area (Å²) >= 11 is 0. The van der Waals surface area contributed by atoms with Gasteiger partial charge in [0.05, 0.1) is 0 Å². The highest BCUT2D eigenvalue weighted by Gasteiger charge is 2.06. The molecule has 0 aliphatic carbocycles. The topological polar surface area (TPSA) is 83.6 Å². The van der Waals surface area contributed by atoms with E-state index in [0.717, 1.165) is 12.1 Å². The van der Waals surface area contributed by atoms with Crippen LogP contribution in [-0.2, 0) is 17.8 Å². The molecule has 0 radical (unpaired) electrons. The van der Waals surface area contributed by atoms with Gasteiger partial charge in [0.2, 0.25) is 5.91 Å². The third-order valence-corrected chi connectivity index (χ3v) is 3.00. The molecule has 21 heavy (non-hydrogen) atoms. The van der Waals surface area contributed by atoms with Crippen molar-refractivity contribution in [3.05, 3.63) is 42.0 Å². The predicted molar refractivity (Wildman–Crippen MR) is 78.4 cm³/mol. The van der Waals surface area contributed by atoms with E-state index in [9.17, 15) is 4.79 Å². The normalized spacial score (nSPS) is 10.1. The summed E-state index contributed by atoms with van der Waals surface area (Å²) in [6.07, 6.45) is 4.76. The molecule has 0 aliphatic rings. The van der Waals surface area contributed by atoms with Crippen LogP contribution in [0.1, 0.15) is 31.2 Å². The lowest BCUT2D eigenvalue weighted by Crippen LogP contribution is -2.19. The Bertz CT molecular complexity index is 639. The van der Waals surface area contributed by atoms with Gasteiger partial charge in [-0.2, -0.15) is 5.26 Å². The molecule has 0 unspecified atom stereocenters.